The van der Waals surface area contributed by atoms with E-state index in [0.717, 1.165) is 6.42 Å². The number of aliphatic imine (C=N–C) groups is 1. The topological polar surface area (TPSA) is 58.5 Å². The Hall–Kier alpha value is -1.97. The standard InChI is InChI=1S/C19H24F2N4O.HI/c1-3-15(26-16-8-5-7-14(20)11-16)12-24-19(22-4-2)25-13-18-17(21)9-6-10-23-18;/h5-11,15H,3-4,12-13H2,1-2H3,(H2,22,24,25);1H. The van der Waals surface area contributed by atoms with Crippen LogP contribution < -0.4 is 15.4 Å². The first-order valence-corrected chi connectivity index (χ1v) is 8.66. The van der Waals surface area contributed by atoms with E-state index >= 15 is 0 Å². The zero-order valence-corrected chi connectivity index (χ0v) is 17.7. The second-order valence-electron chi connectivity index (χ2n) is 5.61. The van der Waals surface area contributed by atoms with E-state index in [0.29, 0.717) is 24.8 Å². The zero-order chi connectivity index (χ0) is 18.8. The first kappa shape index (κ1) is 23.1. The van der Waals surface area contributed by atoms with Crippen molar-refractivity contribution in [1.29, 1.82) is 0 Å². The summed E-state index contributed by atoms with van der Waals surface area (Å²) in [6, 6.07) is 8.96. The maximum Gasteiger partial charge on any atom is 0.191 e. The predicted molar refractivity (Wildman–Crippen MR) is 114 cm³/mol. The van der Waals surface area contributed by atoms with E-state index in [1.54, 1.807) is 18.2 Å². The third kappa shape index (κ3) is 8.06. The van der Waals surface area contributed by atoms with Gasteiger partial charge in [-0.3, -0.25) is 4.98 Å². The molecule has 8 heteroatoms. The number of aromatic nitrogens is 1. The molecular weight excluding hydrogens is 465 g/mol. The number of ether oxygens (including phenoxy) is 1. The lowest BCUT2D eigenvalue weighted by Crippen LogP contribution is -2.42. The van der Waals surface area contributed by atoms with Gasteiger partial charge >= 0.3 is 0 Å². The van der Waals surface area contributed by atoms with Gasteiger partial charge in [0.25, 0.3) is 0 Å². The fraction of sp³-hybridized carbons (Fsp3) is 0.368. The lowest BCUT2D eigenvalue weighted by atomic mass is 10.2. The minimum Gasteiger partial charge on any atom is -0.489 e. The predicted octanol–water partition coefficient (Wildman–Crippen LogP) is 3.89. The molecule has 0 aliphatic carbocycles. The molecule has 0 radical (unpaired) electrons. The molecule has 0 fully saturated rings. The minimum atomic E-state index is -0.382. The van der Waals surface area contributed by atoms with Crippen LogP contribution in [0.4, 0.5) is 8.78 Å². The molecule has 1 heterocycles. The molecular formula is C19H25F2IN4O. The van der Waals surface area contributed by atoms with E-state index in [1.807, 2.05) is 13.8 Å². The van der Waals surface area contributed by atoms with Crippen molar-refractivity contribution in [2.75, 3.05) is 13.1 Å². The molecule has 148 valence electrons. The van der Waals surface area contributed by atoms with Gasteiger partial charge in [0.15, 0.2) is 5.96 Å². The average molecular weight is 490 g/mol. The van der Waals surface area contributed by atoms with Gasteiger partial charge in [0.05, 0.1) is 18.8 Å². The molecule has 0 spiro atoms. The Morgan fingerprint density at radius 3 is 2.67 bits per heavy atom. The highest BCUT2D eigenvalue weighted by atomic mass is 127. The van der Waals surface area contributed by atoms with Crippen LogP contribution in [0.15, 0.2) is 47.6 Å². The van der Waals surface area contributed by atoms with Gasteiger partial charge in [-0.1, -0.05) is 13.0 Å². The van der Waals surface area contributed by atoms with Crippen LogP contribution in [0.1, 0.15) is 26.0 Å². The highest BCUT2D eigenvalue weighted by Gasteiger charge is 2.10. The van der Waals surface area contributed by atoms with Crippen LogP contribution in [0.5, 0.6) is 5.75 Å². The number of benzene rings is 1. The van der Waals surface area contributed by atoms with Crippen LogP contribution in [-0.2, 0) is 6.54 Å². The smallest absolute Gasteiger partial charge is 0.191 e. The SMILES string of the molecule is CCNC(=NCc1ncccc1F)NCC(CC)Oc1cccc(F)c1.I. The summed E-state index contributed by atoms with van der Waals surface area (Å²) in [5.74, 6) is 0.306. The molecule has 0 aliphatic heterocycles. The van der Waals surface area contributed by atoms with Crippen LogP contribution in [0.2, 0.25) is 0 Å². The number of pyridine rings is 1. The number of halogens is 3. The summed E-state index contributed by atoms with van der Waals surface area (Å²) in [7, 11) is 0. The molecule has 2 rings (SSSR count). The van der Waals surface area contributed by atoms with Crippen molar-refractivity contribution in [1.82, 2.24) is 15.6 Å². The van der Waals surface area contributed by atoms with Crippen LogP contribution in [-0.4, -0.2) is 30.1 Å². The Bertz CT molecular complexity index is 730. The molecule has 1 atom stereocenters. The van der Waals surface area contributed by atoms with Crippen molar-refractivity contribution in [2.45, 2.75) is 32.9 Å². The number of guanidine groups is 1. The second kappa shape index (κ2) is 12.4. The maximum absolute atomic E-state index is 13.6. The zero-order valence-electron chi connectivity index (χ0n) is 15.4. The Morgan fingerprint density at radius 2 is 2.00 bits per heavy atom. The summed E-state index contributed by atoms with van der Waals surface area (Å²) < 4.78 is 32.7. The third-order valence-corrected chi connectivity index (χ3v) is 3.62. The van der Waals surface area contributed by atoms with Gasteiger partial charge in [-0.05, 0) is 37.6 Å². The first-order chi connectivity index (χ1) is 12.6. The summed E-state index contributed by atoms with van der Waals surface area (Å²) in [5.41, 5.74) is 0.285. The fourth-order valence-corrected chi connectivity index (χ4v) is 2.24. The average Bonchev–Trinajstić information content (AvgIpc) is 2.64. The summed E-state index contributed by atoms with van der Waals surface area (Å²) in [6.07, 6.45) is 2.11. The molecule has 0 saturated heterocycles. The van der Waals surface area contributed by atoms with Crippen LogP contribution in [0.25, 0.3) is 0 Å². The third-order valence-electron chi connectivity index (χ3n) is 3.62. The molecule has 2 aromatic rings. The normalized spacial score (nSPS) is 12.1. The summed E-state index contributed by atoms with van der Waals surface area (Å²) in [6.45, 7) is 5.20. The van der Waals surface area contributed by atoms with Crippen molar-refractivity contribution >= 4 is 29.9 Å². The van der Waals surface area contributed by atoms with Gasteiger partial charge in [-0.15, -0.1) is 24.0 Å². The molecule has 0 saturated carbocycles. The molecule has 1 unspecified atom stereocenters. The number of hydrogen-bond donors (Lipinski definition) is 2. The summed E-state index contributed by atoms with van der Waals surface area (Å²) in [4.78, 5) is 8.34. The van der Waals surface area contributed by atoms with Crippen LogP contribution in [0, 0.1) is 11.6 Å². The van der Waals surface area contributed by atoms with Gasteiger partial charge in [-0.2, -0.15) is 0 Å². The monoisotopic (exact) mass is 490 g/mol. The Labute approximate surface area is 175 Å². The molecule has 0 bridgehead atoms. The Balaban J connectivity index is 0.00000364. The molecule has 1 aromatic carbocycles. The first-order valence-electron chi connectivity index (χ1n) is 8.66. The van der Waals surface area contributed by atoms with E-state index in [1.165, 1.54) is 24.4 Å². The molecule has 27 heavy (non-hydrogen) atoms. The molecule has 0 aliphatic rings. The van der Waals surface area contributed by atoms with Gasteiger partial charge in [-0.25, -0.2) is 13.8 Å². The van der Waals surface area contributed by atoms with Gasteiger partial charge < -0.3 is 15.4 Å². The van der Waals surface area contributed by atoms with E-state index in [4.69, 9.17) is 4.74 Å². The van der Waals surface area contributed by atoms with Crippen LogP contribution in [0.3, 0.4) is 0 Å². The van der Waals surface area contributed by atoms with E-state index in [9.17, 15) is 8.78 Å². The second-order valence-corrected chi connectivity index (χ2v) is 5.61. The number of rotatable bonds is 8. The lowest BCUT2D eigenvalue weighted by Gasteiger charge is -2.20. The largest absolute Gasteiger partial charge is 0.489 e. The van der Waals surface area contributed by atoms with E-state index < -0.39 is 0 Å². The lowest BCUT2D eigenvalue weighted by molar-refractivity contribution is 0.198. The fourth-order valence-electron chi connectivity index (χ4n) is 2.24. The maximum atomic E-state index is 13.6. The van der Waals surface area contributed by atoms with Crippen molar-refractivity contribution in [3.05, 3.63) is 59.9 Å². The van der Waals surface area contributed by atoms with Crippen molar-refractivity contribution < 1.29 is 13.5 Å². The molecule has 2 N–H and O–H groups in total. The highest BCUT2D eigenvalue weighted by Crippen LogP contribution is 2.14. The number of nitrogens with zero attached hydrogens (tertiary/aromatic N) is 2. The summed E-state index contributed by atoms with van der Waals surface area (Å²) >= 11 is 0. The Morgan fingerprint density at radius 1 is 1.19 bits per heavy atom. The summed E-state index contributed by atoms with van der Waals surface area (Å²) in [5, 5.41) is 6.26. The van der Waals surface area contributed by atoms with E-state index in [2.05, 4.69) is 20.6 Å². The van der Waals surface area contributed by atoms with Gasteiger partial charge in [0.2, 0.25) is 0 Å². The van der Waals surface area contributed by atoms with Gasteiger partial charge in [0, 0.05) is 18.8 Å². The number of hydrogen-bond acceptors (Lipinski definition) is 3. The van der Waals surface area contributed by atoms with Crippen molar-refractivity contribution in [2.24, 2.45) is 4.99 Å². The molecule has 1 aromatic heterocycles. The van der Waals surface area contributed by atoms with Crippen LogP contribution >= 0.6 is 24.0 Å². The number of nitrogens with one attached hydrogen (secondary N) is 2. The highest BCUT2D eigenvalue weighted by molar-refractivity contribution is 14.0. The minimum absolute atomic E-state index is 0. The van der Waals surface area contributed by atoms with Crippen molar-refractivity contribution in [3.63, 3.8) is 0 Å². The van der Waals surface area contributed by atoms with Gasteiger partial charge in [0.1, 0.15) is 23.5 Å². The quantitative estimate of drug-likeness (QED) is 0.335. The van der Waals surface area contributed by atoms with Crippen molar-refractivity contribution in [3.8, 4) is 5.75 Å². The van der Waals surface area contributed by atoms with E-state index in [-0.39, 0.29) is 54.0 Å². The Kier molecular flexibility index (Phi) is 10.6. The molecule has 5 nitrogen and oxygen atoms in total. The molecule has 0 amide bonds.